The molecule has 1 saturated heterocycles. The maximum absolute atomic E-state index is 12.2. The number of benzene rings is 1. The van der Waals surface area contributed by atoms with Crippen LogP contribution in [0.4, 0.5) is 0 Å². The molecule has 0 bridgehead atoms. The summed E-state index contributed by atoms with van der Waals surface area (Å²) in [5.74, 6) is 0.0674. The number of thiocarbonyl (C=S) groups is 1. The van der Waals surface area contributed by atoms with E-state index >= 15 is 0 Å². The van der Waals surface area contributed by atoms with Crippen molar-refractivity contribution in [3.63, 3.8) is 0 Å². The van der Waals surface area contributed by atoms with Crippen molar-refractivity contribution in [2.75, 3.05) is 6.54 Å². The molecular formula is C14H15N3OS. The number of hydrogen-bond acceptors (Lipinski definition) is 2. The van der Waals surface area contributed by atoms with Crippen molar-refractivity contribution < 1.29 is 4.79 Å². The molecule has 5 heteroatoms. The molecule has 1 aromatic carbocycles. The lowest BCUT2D eigenvalue weighted by molar-refractivity contribution is -0.126. The summed E-state index contributed by atoms with van der Waals surface area (Å²) < 4.78 is 0. The summed E-state index contributed by atoms with van der Waals surface area (Å²) in [6.45, 7) is 2.55. The lowest BCUT2D eigenvalue weighted by Crippen LogP contribution is -2.32. The summed E-state index contributed by atoms with van der Waals surface area (Å²) in [5.41, 5.74) is 2.24. The third kappa shape index (κ3) is 2.00. The Labute approximate surface area is 116 Å². The first-order chi connectivity index (χ1) is 9.20. The lowest BCUT2D eigenvalue weighted by atomic mass is 10.1. The first-order valence-corrected chi connectivity index (χ1v) is 6.78. The molecule has 0 radical (unpaired) electrons. The standard InChI is InChI=1S/C14H15N3OS/c1-2-17-13(18)12(16-14(17)19)7-9-8-15-11-6-4-3-5-10(9)11/h3-6,8,12,15H,2,7H2,1H3,(H,16,19). The monoisotopic (exact) mass is 273 g/mol. The van der Waals surface area contributed by atoms with Crippen LogP contribution in [0.5, 0.6) is 0 Å². The van der Waals surface area contributed by atoms with Crippen LogP contribution in [-0.2, 0) is 11.2 Å². The van der Waals surface area contributed by atoms with Crippen LogP contribution in [0.15, 0.2) is 30.5 Å². The van der Waals surface area contributed by atoms with Crippen LogP contribution in [0, 0.1) is 0 Å². The molecule has 1 amide bonds. The van der Waals surface area contributed by atoms with Crippen LogP contribution in [0.2, 0.25) is 0 Å². The average Bonchev–Trinajstić information content (AvgIpc) is 2.93. The quantitative estimate of drug-likeness (QED) is 0.839. The summed E-state index contributed by atoms with van der Waals surface area (Å²) in [4.78, 5) is 17.0. The van der Waals surface area contributed by atoms with Gasteiger partial charge in [-0.3, -0.25) is 9.69 Å². The Balaban J connectivity index is 1.86. The summed E-state index contributed by atoms with van der Waals surface area (Å²) >= 11 is 5.17. The van der Waals surface area contributed by atoms with E-state index in [4.69, 9.17) is 12.2 Å². The fourth-order valence-electron chi connectivity index (χ4n) is 2.54. The second kappa shape index (κ2) is 4.66. The minimum Gasteiger partial charge on any atom is -0.361 e. The van der Waals surface area contributed by atoms with E-state index < -0.39 is 0 Å². The number of para-hydroxylation sites is 1. The van der Waals surface area contributed by atoms with E-state index in [0.717, 1.165) is 16.5 Å². The number of H-pyrrole nitrogens is 1. The number of nitrogens with zero attached hydrogens (tertiary/aromatic N) is 1. The number of rotatable bonds is 3. The largest absolute Gasteiger partial charge is 0.361 e. The fraction of sp³-hybridized carbons (Fsp3) is 0.286. The average molecular weight is 273 g/mol. The topological polar surface area (TPSA) is 48.1 Å². The predicted octanol–water partition coefficient (Wildman–Crippen LogP) is 1.82. The molecule has 1 unspecified atom stereocenters. The number of aromatic nitrogens is 1. The normalized spacial score (nSPS) is 19.2. The third-order valence-electron chi connectivity index (χ3n) is 3.52. The summed E-state index contributed by atoms with van der Waals surface area (Å²) in [7, 11) is 0. The van der Waals surface area contributed by atoms with E-state index in [2.05, 4.69) is 16.4 Å². The number of fused-ring (bicyclic) bond motifs is 1. The highest BCUT2D eigenvalue weighted by Crippen LogP contribution is 2.21. The summed E-state index contributed by atoms with van der Waals surface area (Å²) in [5, 5.41) is 4.81. The van der Waals surface area contributed by atoms with Gasteiger partial charge in [0.15, 0.2) is 5.11 Å². The molecule has 1 aliphatic rings. The maximum Gasteiger partial charge on any atom is 0.251 e. The second-order valence-electron chi connectivity index (χ2n) is 4.65. The van der Waals surface area contributed by atoms with Gasteiger partial charge in [-0.1, -0.05) is 18.2 Å². The number of amides is 1. The smallest absolute Gasteiger partial charge is 0.251 e. The molecule has 1 fully saturated rings. The molecule has 1 aromatic heterocycles. The van der Waals surface area contributed by atoms with Crippen LogP contribution >= 0.6 is 12.2 Å². The Morgan fingerprint density at radius 2 is 2.16 bits per heavy atom. The molecule has 3 rings (SSSR count). The molecule has 2 N–H and O–H groups in total. The van der Waals surface area contributed by atoms with Gasteiger partial charge in [-0.15, -0.1) is 0 Å². The molecular weight excluding hydrogens is 258 g/mol. The van der Waals surface area contributed by atoms with Gasteiger partial charge < -0.3 is 10.3 Å². The van der Waals surface area contributed by atoms with E-state index in [1.165, 1.54) is 0 Å². The van der Waals surface area contributed by atoms with Gasteiger partial charge in [-0.25, -0.2) is 0 Å². The van der Waals surface area contributed by atoms with Crippen LogP contribution < -0.4 is 5.32 Å². The number of carbonyl (C=O) groups excluding carboxylic acids is 1. The predicted molar refractivity (Wildman–Crippen MR) is 78.9 cm³/mol. The van der Waals surface area contributed by atoms with Crippen molar-refractivity contribution >= 4 is 34.1 Å². The summed E-state index contributed by atoms with van der Waals surface area (Å²) in [6.07, 6.45) is 2.62. The Morgan fingerprint density at radius 1 is 1.37 bits per heavy atom. The molecule has 19 heavy (non-hydrogen) atoms. The first-order valence-electron chi connectivity index (χ1n) is 6.37. The molecule has 0 aliphatic carbocycles. The van der Waals surface area contributed by atoms with Gasteiger partial charge in [0.05, 0.1) is 0 Å². The van der Waals surface area contributed by atoms with Gasteiger partial charge >= 0.3 is 0 Å². The zero-order chi connectivity index (χ0) is 13.4. The maximum atomic E-state index is 12.2. The van der Waals surface area contributed by atoms with Gasteiger partial charge in [0.2, 0.25) is 0 Å². The molecule has 2 heterocycles. The molecule has 0 saturated carbocycles. The summed E-state index contributed by atoms with van der Waals surface area (Å²) in [6, 6.07) is 7.86. The highest BCUT2D eigenvalue weighted by molar-refractivity contribution is 7.80. The molecule has 2 aromatic rings. The molecule has 1 aliphatic heterocycles. The van der Waals surface area contributed by atoms with E-state index in [1.54, 1.807) is 4.90 Å². The van der Waals surface area contributed by atoms with Gasteiger partial charge in [-0.05, 0) is 30.8 Å². The van der Waals surface area contributed by atoms with Gasteiger partial charge in [-0.2, -0.15) is 0 Å². The Morgan fingerprint density at radius 3 is 2.89 bits per heavy atom. The zero-order valence-electron chi connectivity index (χ0n) is 10.6. The fourth-order valence-corrected chi connectivity index (χ4v) is 2.90. The van der Waals surface area contributed by atoms with Gasteiger partial charge in [0.1, 0.15) is 6.04 Å². The van der Waals surface area contributed by atoms with Crippen molar-refractivity contribution in [2.45, 2.75) is 19.4 Å². The van der Waals surface area contributed by atoms with Crippen LogP contribution in [0.1, 0.15) is 12.5 Å². The van der Waals surface area contributed by atoms with Crippen molar-refractivity contribution in [3.05, 3.63) is 36.0 Å². The number of likely N-dealkylation sites (N-methyl/N-ethyl adjacent to an activating group) is 1. The molecule has 98 valence electrons. The Bertz CT molecular complexity index is 649. The number of nitrogens with one attached hydrogen (secondary N) is 2. The number of hydrogen-bond donors (Lipinski definition) is 2. The van der Waals surface area contributed by atoms with E-state index in [9.17, 15) is 4.79 Å². The lowest BCUT2D eigenvalue weighted by Gasteiger charge is -2.10. The van der Waals surface area contributed by atoms with Crippen molar-refractivity contribution in [1.82, 2.24) is 15.2 Å². The Kier molecular flexibility index (Phi) is 2.98. The van der Waals surface area contributed by atoms with Gasteiger partial charge in [0, 0.05) is 30.1 Å². The minimum absolute atomic E-state index is 0.0674. The first kappa shape index (κ1) is 12.2. The molecule has 4 nitrogen and oxygen atoms in total. The molecule has 1 atom stereocenters. The van der Waals surface area contributed by atoms with Crippen LogP contribution in [0.25, 0.3) is 10.9 Å². The van der Waals surface area contributed by atoms with Crippen molar-refractivity contribution in [3.8, 4) is 0 Å². The van der Waals surface area contributed by atoms with Crippen molar-refractivity contribution in [1.29, 1.82) is 0 Å². The van der Waals surface area contributed by atoms with Crippen molar-refractivity contribution in [2.24, 2.45) is 0 Å². The molecule has 0 spiro atoms. The van der Waals surface area contributed by atoms with E-state index in [-0.39, 0.29) is 11.9 Å². The SMILES string of the molecule is CCN1C(=O)C(Cc2c[nH]c3ccccc23)NC1=S. The number of carbonyl (C=O) groups is 1. The highest BCUT2D eigenvalue weighted by atomic mass is 32.1. The van der Waals surface area contributed by atoms with E-state index in [0.29, 0.717) is 18.1 Å². The second-order valence-corrected chi connectivity index (χ2v) is 5.03. The number of aromatic amines is 1. The minimum atomic E-state index is -0.244. The highest BCUT2D eigenvalue weighted by Gasteiger charge is 2.34. The van der Waals surface area contributed by atoms with Crippen LogP contribution in [-0.4, -0.2) is 33.5 Å². The van der Waals surface area contributed by atoms with E-state index in [1.807, 2.05) is 31.3 Å². The zero-order valence-corrected chi connectivity index (χ0v) is 11.5. The third-order valence-corrected chi connectivity index (χ3v) is 3.86. The van der Waals surface area contributed by atoms with Crippen LogP contribution in [0.3, 0.4) is 0 Å². The van der Waals surface area contributed by atoms with Gasteiger partial charge in [0.25, 0.3) is 5.91 Å². The Hall–Kier alpha value is -1.88.